The number of rotatable bonds is 3. The molecule has 26 heavy (non-hydrogen) atoms. The Morgan fingerprint density at radius 1 is 0.923 bits per heavy atom. The van der Waals surface area contributed by atoms with Crippen molar-refractivity contribution in [2.45, 2.75) is 6.92 Å². The molecule has 2 aromatic carbocycles. The molecule has 0 aliphatic heterocycles. The van der Waals surface area contributed by atoms with Gasteiger partial charge in [0.05, 0.1) is 22.3 Å². The van der Waals surface area contributed by atoms with E-state index in [4.69, 9.17) is 4.98 Å². The first-order valence-electron chi connectivity index (χ1n) is 8.40. The Kier molecular flexibility index (Phi) is 4.15. The van der Waals surface area contributed by atoms with Crippen LogP contribution in [0.3, 0.4) is 0 Å². The minimum Gasteiger partial charge on any atom is -0.268 e. The summed E-state index contributed by atoms with van der Waals surface area (Å²) in [4.78, 5) is 22.1. The Balaban J connectivity index is 1.97. The Hall–Kier alpha value is -3.53. The van der Waals surface area contributed by atoms with Crippen molar-refractivity contribution >= 4 is 23.1 Å². The van der Waals surface area contributed by atoms with Crippen LogP contribution in [0, 0.1) is 6.92 Å². The van der Waals surface area contributed by atoms with Crippen molar-refractivity contribution in [3.63, 3.8) is 0 Å². The van der Waals surface area contributed by atoms with E-state index in [0.717, 1.165) is 16.9 Å². The molecule has 126 valence electrons. The number of benzene rings is 2. The molecule has 0 saturated heterocycles. The zero-order chi connectivity index (χ0) is 17.9. The van der Waals surface area contributed by atoms with Crippen LogP contribution < -0.4 is 5.56 Å². The fourth-order valence-electron chi connectivity index (χ4n) is 2.91. The van der Waals surface area contributed by atoms with Crippen LogP contribution in [0.1, 0.15) is 17.1 Å². The van der Waals surface area contributed by atoms with E-state index in [-0.39, 0.29) is 5.56 Å². The van der Waals surface area contributed by atoms with E-state index in [9.17, 15) is 4.79 Å². The third-order valence-electron chi connectivity index (χ3n) is 4.15. The second-order valence-electron chi connectivity index (χ2n) is 6.05. The molecule has 2 heterocycles. The summed E-state index contributed by atoms with van der Waals surface area (Å²) in [7, 11) is 0. The predicted octanol–water partition coefficient (Wildman–Crippen LogP) is 4.26. The molecule has 0 aliphatic carbocycles. The van der Waals surface area contributed by atoms with E-state index in [1.165, 1.54) is 0 Å². The van der Waals surface area contributed by atoms with Gasteiger partial charge in [-0.2, -0.15) is 0 Å². The summed E-state index contributed by atoms with van der Waals surface area (Å²) in [5.74, 6) is 0.574. The summed E-state index contributed by atoms with van der Waals surface area (Å²) in [5, 5.41) is 0.601. The fraction of sp³-hybridized carbons (Fsp3) is 0.0455. The summed E-state index contributed by atoms with van der Waals surface area (Å²) < 4.78 is 1.65. The highest BCUT2D eigenvalue weighted by molar-refractivity contribution is 5.79. The van der Waals surface area contributed by atoms with Crippen molar-refractivity contribution < 1.29 is 0 Å². The van der Waals surface area contributed by atoms with Crippen molar-refractivity contribution in [2.24, 2.45) is 0 Å². The van der Waals surface area contributed by atoms with Crippen molar-refractivity contribution in [3.8, 4) is 5.69 Å². The first kappa shape index (κ1) is 16.0. The van der Waals surface area contributed by atoms with Gasteiger partial charge in [-0.05, 0) is 61.0 Å². The minimum atomic E-state index is -0.0816. The molecule has 4 nitrogen and oxygen atoms in total. The summed E-state index contributed by atoms with van der Waals surface area (Å²) in [6, 6.07) is 21.0. The molecule has 0 amide bonds. The minimum absolute atomic E-state index is 0.0816. The Morgan fingerprint density at radius 3 is 2.58 bits per heavy atom. The summed E-state index contributed by atoms with van der Waals surface area (Å²) in [5.41, 5.74) is 3.30. The van der Waals surface area contributed by atoms with E-state index in [0.29, 0.717) is 16.7 Å². The maximum atomic E-state index is 13.1. The lowest BCUT2D eigenvalue weighted by Crippen LogP contribution is -2.22. The predicted molar refractivity (Wildman–Crippen MR) is 105 cm³/mol. The normalized spacial score (nSPS) is 11.3. The molecule has 0 spiro atoms. The standard InChI is InChI=1S/C22H17N3O/c1-16-7-6-9-18(15-16)25-21(13-12-17-8-4-5-14-23-17)24-20-11-3-2-10-19(20)22(25)26/h2-15H,1H3. The summed E-state index contributed by atoms with van der Waals surface area (Å²) in [6.45, 7) is 2.01. The average molecular weight is 339 g/mol. The molecule has 0 bridgehead atoms. The van der Waals surface area contributed by atoms with E-state index in [2.05, 4.69) is 4.98 Å². The van der Waals surface area contributed by atoms with Gasteiger partial charge in [0.1, 0.15) is 5.82 Å². The van der Waals surface area contributed by atoms with E-state index < -0.39 is 0 Å². The number of aromatic nitrogens is 3. The maximum absolute atomic E-state index is 13.1. The van der Waals surface area contributed by atoms with Gasteiger partial charge in [0.25, 0.3) is 5.56 Å². The van der Waals surface area contributed by atoms with Gasteiger partial charge in [-0.1, -0.05) is 30.3 Å². The fourth-order valence-corrected chi connectivity index (χ4v) is 2.91. The first-order chi connectivity index (χ1) is 12.7. The number of nitrogens with zero attached hydrogens (tertiary/aromatic N) is 3. The van der Waals surface area contributed by atoms with Crippen molar-refractivity contribution in [3.05, 3.63) is 100 Å². The van der Waals surface area contributed by atoms with Crippen molar-refractivity contribution in [1.29, 1.82) is 0 Å². The summed E-state index contributed by atoms with van der Waals surface area (Å²) >= 11 is 0. The van der Waals surface area contributed by atoms with Gasteiger partial charge < -0.3 is 0 Å². The quantitative estimate of drug-likeness (QED) is 0.560. The van der Waals surface area contributed by atoms with Gasteiger partial charge in [0.15, 0.2) is 0 Å². The average Bonchev–Trinajstić information content (AvgIpc) is 2.67. The second kappa shape index (κ2) is 6.76. The monoisotopic (exact) mass is 339 g/mol. The van der Waals surface area contributed by atoms with Crippen LogP contribution in [0.25, 0.3) is 28.7 Å². The van der Waals surface area contributed by atoms with Crippen LogP contribution in [0.2, 0.25) is 0 Å². The molecule has 0 N–H and O–H groups in total. The highest BCUT2D eigenvalue weighted by Gasteiger charge is 2.11. The molecular weight excluding hydrogens is 322 g/mol. The molecule has 0 saturated carbocycles. The third kappa shape index (κ3) is 3.05. The van der Waals surface area contributed by atoms with Crippen molar-refractivity contribution in [2.75, 3.05) is 0 Å². The number of hydrogen-bond acceptors (Lipinski definition) is 3. The lowest BCUT2D eigenvalue weighted by Gasteiger charge is -2.12. The first-order valence-corrected chi connectivity index (χ1v) is 8.40. The molecular formula is C22H17N3O. The third-order valence-corrected chi connectivity index (χ3v) is 4.15. The highest BCUT2D eigenvalue weighted by atomic mass is 16.1. The molecule has 4 rings (SSSR count). The summed E-state index contributed by atoms with van der Waals surface area (Å²) in [6.07, 6.45) is 5.43. The molecule has 0 atom stereocenters. The largest absolute Gasteiger partial charge is 0.268 e. The van der Waals surface area contributed by atoms with Gasteiger partial charge in [-0.3, -0.25) is 14.3 Å². The SMILES string of the molecule is Cc1cccc(-n2c(C=Cc3ccccn3)nc3ccccc3c2=O)c1. The van der Waals surface area contributed by atoms with Crippen LogP contribution >= 0.6 is 0 Å². The lowest BCUT2D eigenvalue weighted by molar-refractivity contribution is 0.942. The number of pyridine rings is 1. The number of para-hydroxylation sites is 1. The van der Waals surface area contributed by atoms with Crippen LogP contribution in [-0.2, 0) is 0 Å². The van der Waals surface area contributed by atoms with Crippen LogP contribution in [0.5, 0.6) is 0 Å². The molecule has 4 heteroatoms. The maximum Gasteiger partial charge on any atom is 0.266 e. The van der Waals surface area contributed by atoms with Gasteiger partial charge in [0.2, 0.25) is 0 Å². The molecule has 2 aromatic heterocycles. The van der Waals surface area contributed by atoms with Crippen LogP contribution in [0.15, 0.2) is 77.7 Å². The number of hydrogen-bond donors (Lipinski definition) is 0. The Labute approximate surface area is 151 Å². The number of fused-ring (bicyclic) bond motifs is 1. The molecule has 0 unspecified atom stereocenters. The zero-order valence-corrected chi connectivity index (χ0v) is 14.3. The van der Waals surface area contributed by atoms with Gasteiger partial charge in [0, 0.05) is 6.20 Å². The molecule has 4 aromatic rings. The van der Waals surface area contributed by atoms with E-state index in [1.807, 2.05) is 85.8 Å². The number of aryl methyl sites for hydroxylation is 1. The van der Waals surface area contributed by atoms with Crippen LogP contribution in [-0.4, -0.2) is 14.5 Å². The Morgan fingerprint density at radius 2 is 1.77 bits per heavy atom. The van der Waals surface area contributed by atoms with E-state index >= 15 is 0 Å². The van der Waals surface area contributed by atoms with Crippen LogP contribution in [0.4, 0.5) is 0 Å². The molecule has 0 radical (unpaired) electrons. The Bertz CT molecular complexity index is 1160. The van der Waals surface area contributed by atoms with Gasteiger partial charge >= 0.3 is 0 Å². The van der Waals surface area contributed by atoms with E-state index in [1.54, 1.807) is 10.8 Å². The van der Waals surface area contributed by atoms with Gasteiger partial charge in [-0.25, -0.2) is 4.98 Å². The second-order valence-corrected chi connectivity index (χ2v) is 6.05. The topological polar surface area (TPSA) is 47.8 Å². The molecule has 0 fully saturated rings. The zero-order valence-electron chi connectivity index (χ0n) is 14.3. The smallest absolute Gasteiger partial charge is 0.266 e. The lowest BCUT2D eigenvalue weighted by atomic mass is 10.2. The van der Waals surface area contributed by atoms with Crippen molar-refractivity contribution in [1.82, 2.24) is 14.5 Å². The molecule has 0 aliphatic rings. The van der Waals surface area contributed by atoms with Gasteiger partial charge in [-0.15, -0.1) is 0 Å². The highest BCUT2D eigenvalue weighted by Crippen LogP contribution is 2.16.